The molecule has 2 heteroatoms. The Labute approximate surface area is 107 Å². The second-order valence-electron chi connectivity index (χ2n) is 3.93. The molecule has 0 N–H and O–H groups in total. The van der Waals surface area contributed by atoms with Gasteiger partial charge in [0.15, 0.2) is 0 Å². The lowest BCUT2D eigenvalue weighted by Crippen LogP contribution is -2.02. The Morgan fingerprint density at radius 1 is 1.00 bits per heavy atom. The van der Waals surface area contributed by atoms with Gasteiger partial charge in [0, 0.05) is 0 Å². The third-order valence-corrected chi connectivity index (χ3v) is 2.60. The highest BCUT2D eigenvalue weighted by molar-refractivity contribution is 5.91. The fourth-order valence-corrected chi connectivity index (χ4v) is 1.60. The normalized spacial score (nSPS) is 10.5. The number of aryl methyl sites for hydroxylation is 1. The van der Waals surface area contributed by atoms with Crippen molar-refractivity contribution in [2.75, 3.05) is 0 Å². The standard InChI is InChI=1S/C16H14O2/c1-13-7-5-6-10-15(13)16(17)18-12-11-14-8-3-2-4-9-14/h2-12H,1H3. The molecule has 0 atom stereocenters. The number of benzene rings is 2. The Kier molecular flexibility index (Phi) is 3.92. The summed E-state index contributed by atoms with van der Waals surface area (Å²) in [5.74, 6) is -0.333. The number of ether oxygens (including phenoxy) is 1. The van der Waals surface area contributed by atoms with E-state index in [9.17, 15) is 4.79 Å². The highest BCUT2D eigenvalue weighted by Crippen LogP contribution is 2.09. The molecule has 0 radical (unpaired) electrons. The van der Waals surface area contributed by atoms with Gasteiger partial charge in [-0.15, -0.1) is 0 Å². The highest BCUT2D eigenvalue weighted by atomic mass is 16.5. The number of carbonyl (C=O) groups excluding carboxylic acids is 1. The molecule has 18 heavy (non-hydrogen) atoms. The van der Waals surface area contributed by atoms with Crippen LogP contribution < -0.4 is 0 Å². The van der Waals surface area contributed by atoms with Crippen LogP contribution in [0.2, 0.25) is 0 Å². The minimum Gasteiger partial charge on any atom is -0.431 e. The monoisotopic (exact) mass is 238 g/mol. The second kappa shape index (κ2) is 5.82. The summed E-state index contributed by atoms with van der Waals surface area (Å²) in [6.07, 6.45) is 3.18. The Balaban J connectivity index is 2.01. The number of hydrogen-bond acceptors (Lipinski definition) is 2. The molecule has 0 aliphatic heterocycles. The summed E-state index contributed by atoms with van der Waals surface area (Å²) >= 11 is 0. The van der Waals surface area contributed by atoms with Crippen LogP contribution in [-0.4, -0.2) is 5.97 Å². The maximum Gasteiger partial charge on any atom is 0.343 e. The van der Waals surface area contributed by atoms with Crippen molar-refractivity contribution in [3.8, 4) is 0 Å². The van der Waals surface area contributed by atoms with Crippen molar-refractivity contribution in [1.82, 2.24) is 0 Å². The van der Waals surface area contributed by atoms with Crippen molar-refractivity contribution in [2.45, 2.75) is 6.92 Å². The van der Waals surface area contributed by atoms with Gasteiger partial charge in [0.05, 0.1) is 11.8 Å². The molecule has 2 aromatic carbocycles. The summed E-state index contributed by atoms with van der Waals surface area (Å²) in [6, 6.07) is 17.1. The van der Waals surface area contributed by atoms with Gasteiger partial charge in [-0.25, -0.2) is 4.79 Å². The molecular weight excluding hydrogens is 224 g/mol. The number of hydrogen-bond donors (Lipinski definition) is 0. The first-order chi connectivity index (χ1) is 8.77. The maximum atomic E-state index is 11.8. The van der Waals surface area contributed by atoms with Crippen molar-refractivity contribution in [1.29, 1.82) is 0 Å². The maximum absolute atomic E-state index is 11.8. The van der Waals surface area contributed by atoms with Gasteiger partial charge in [-0.05, 0) is 30.2 Å². The van der Waals surface area contributed by atoms with Crippen LogP contribution in [-0.2, 0) is 4.74 Å². The second-order valence-corrected chi connectivity index (χ2v) is 3.93. The molecule has 2 nitrogen and oxygen atoms in total. The van der Waals surface area contributed by atoms with Gasteiger partial charge in [0.1, 0.15) is 0 Å². The Bertz CT molecular complexity index is 556. The molecule has 0 saturated heterocycles. The molecule has 90 valence electrons. The lowest BCUT2D eigenvalue weighted by atomic mass is 10.1. The van der Waals surface area contributed by atoms with Crippen LogP contribution in [0.5, 0.6) is 0 Å². The van der Waals surface area contributed by atoms with E-state index in [-0.39, 0.29) is 5.97 Å². The molecule has 0 amide bonds. The quantitative estimate of drug-likeness (QED) is 0.600. The van der Waals surface area contributed by atoms with Crippen LogP contribution in [0.15, 0.2) is 60.9 Å². The van der Waals surface area contributed by atoms with Gasteiger partial charge in [-0.1, -0.05) is 48.5 Å². The van der Waals surface area contributed by atoms with E-state index in [0.29, 0.717) is 5.56 Å². The minimum absolute atomic E-state index is 0.333. The molecule has 2 aromatic rings. The average molecular weight is 238 g/mol. The summed E-state index contributed by atoms with van der Waals surface area (Å²) in [5, 5.41) is 0. The van der Waals surface area contributed by atoms with Gasteiger partial charge in [0.25, 0.3) is 0 Å². The summed E-state index contributed by atoms with van der Waals surface area (Å²) in [7, 11) is 0. The zero-order chi connectivity index (χ0) is 12.8. The van der Waals surface area contributed by atoms with Crippen LogP contribution in [0, 0.1) is 6.92 Å². The van der Waals surface area contributed by atoms with E-state index in [2.05, 4.69) is 0 Å². The predicted octanol–water partition coefficient (Wildman–Crippen LogP) is 3.82. The van der Waals surface area contributed by atoms with Gasteiger partial charge in [-0.3, -0.25) is 0 Å². The SMILES string of the molecule is Cc1ccccc1C(=O)OC=Cc1ccccc1. The van der Waals surface area contributed by atoms with Gasteiger partial charge in [0.2, 0.25) is 0 Å². The lowest BCUT2D eigenvalue weighted by molar-refractivity contribution is 0.0664. The van der Waals surface area contributed by atoms with E-state index in [1.165, 1.54) is 6.26 Å². The Hall–Kier alpha value is -2.35. The van der Waals surface area contributed by atoms with Crippen molar-refractivity contribution in [3.63, 3.8) is 0 Å². The third kappa shape index (κ3) is 3.08. The van der Waals surface area contributed by atoms with Gasteiger partial charge in [-0.2, -0.15) is 0 Å². The highest BCUT2D eigenvalue weighted by Gasteiger charge is 2.07. The first kappa shape index (κ1) is 12.1. The van der Waals surface area contributed by atoms with E-state index in [0.717, 1.165) is 11.1 Å². The van der Waals surface area contributed by atoms with Crippen molar-refractivity contribution < 1.29 is 9.53 Å². The third-order valence-electron chi connectivity index (χ3n) is 2.60. The predicted molar refractivity (Wildman–Crippen MR) is 72.1 cm³/mol. The van der Waals surface area contributed by atoms with E-state index in [1.807, 2.05) is 55.5 Å². The topological polar surface area (TPSA) is 26.3 Å². The molecule has 0 aliphatic rings. The van der Waals surface area contributed by atoms with E-state index in [4.69, 9.17) is 4.74 Å². The van der Waals surface area contributed by atoms with Crippen LogP contribution in [0.1, 0.15) is 21.5 Å². The zero-order valence-electron chi connectivity index (χ0n) is 10.2. The molecule has 0 heterocycles. The molecule has 0 aromatic heterocycles. The van der Waals surface area contributed by atoms with Crippen LogP contribution in [0.4, 0.5) is 0 Å². The average Bonchev–Trinajstić information content (AvgIpc) is 2.40. The van der Waals surface area contributed by atoms with Crippen LogP contribution in [0.25, 0.3) is 6.08 Å². The Morgan fingerprint density at radius 3 is 2.39 bits per heavy atom. The number of rotatable bonds is 3. The van der Waals surface area contributed by atoms with Gasteiger partial charge < -0.3 is 4.74 Å². The molecule has 0 unspecified atom stereocenters. The zero-order valence-corrected chi connectivity index (χ0v) is 10.2. The van der Waals surface area contributed by atoms with E-state index >= 15 is 0 Å². The van der Waals surface area contributed by atoms with E-state index in [1.54, 1.807) is 12.1 Å². The smallest absolute Gasteiger partial charge is 0.343 e. The number of carbonyl (C=O) groups is 1. The molecule has 0 fully saturated rings. The largest absolute Gasteiger partial charge is 0.431 e. The van der Waals surface area contributed by atoms with Crippen LogP contribution >= 0.6 is 0 Å². The van der Waals surface area contributed by atoms with Gasteiger partial charge >= 0.3 is 5.97 Å². The van der Waals surface area contributed by atoms with Crippen molar-refractivity contribution in [2.24, 2.45) is 0 Å². The lowest BCUT2D eigenvalue weighted by Gasteiger charge is -2.02. The summed E-state index contributed by atoms with van der Waals surface area (Å²) in [4.78, 5) is 11.8. The summed E-state index contributed by atoms with van der Waals surface area (Å²) in [6.45, 7) is 1.89. The first-order valence-corrected chi connectivity index (χ1v) is 5.75. The summed E-state index contributed by atoms with van der Waals surface area (Å²) in [5.41, 5.74) is 2.50. The van der Waals surface area contributed by atoms with Crippen LogP contribution in [0.3, 0.4) is 0 Å². The fraction of sp³-hybridized carbons (Fsp3) is 0.0625. The molecule has 0 aliphatic carbocycles. The van der Waals surface area contributed by atoms with Crippen molar-refractivity contribution >= 4 is 12.0 Å². The minimum atomic E-state index is -0.333. The van der Waals surface area contributed by atoms with E-state index < -0.39 is 0 Å². The molecule has 0 saturated carbocycles. The summed E-state index contributed by atoms with van der Waals surface area (Å²) < 4.78 is 5.09. The fourth-order valence-electron chi connectivity index (χ4n) is 1.60. The Morgan fingerprint density at radius 2 is 1.67 bits per heavy atom. The molecule has 0 bridgehead atoms. The molecular formula is C16H14O2. The molecule has 2 rings (SSSR count). The van der Waals surface area contributed by atoms with Crippen molar-refractivity contribution in [3.05, 3.63) is 77.5 Å². The number of esters is 1. The first-order valence-electron chi connectivity index (χ1n) is 5.75. The molecule has 0 spiro atoms.